The highest BCUT2D eigenvalue weighted by atomic mass is 35.5. The second-order valence-electron chi connectivity index (χ2n) is 4.68. The van der Waals surface area contributed by atoms with Gasteiger partial charge in [0.2, 0.25) is 0 Å². The van der Waals surface area contributed by atoms with Crippen LogP contribution in [0.5, 0.6) is 0 Å². The van der Waals surface area contributed by atoms with Gasteiger partial charge in [-0.2, -0.15) is 0 Å². The van der Waals surface area contributed by atoms with E-state index in [0.29, 0.717) is 17.0 Å². The van der Waals surface area contributed by atoms with E-state index in [1.807, 2.05) is 23.6 Å². The van der Waals surface area contributed by atoms with Crippen LogP contribution in [-0.2, 0) is 5.88 Å². The first-order chi connectivity index (χ1) is 9.63. The third-order valence-electron chi connectivity index (χ3n) is 3.42. The average molecular weight is 290 g/mol. The molecule has 2 heterocycles. The van der Waals surface area contributed by atoms with Crippen LogP contribution in [0.25, 0.3) is 16.9 Å². The fourth-order valence-electron chi connectivity index (χ4n) is 2.32. The van der Waals surface area contributed by atoms with Crippen molar-refractivity contribution in [2.75, 3.05) is 0 Å². The Labute approximate surface area is 121 Å². The highest BCUT2D eigenvalue weighted by molar-refractivity contribution is 6.17. The molecule has 0 fully saturated rings. The van der Waals surface area contributed by atoms with Crippen molar-refractivity contribution in [2.45, 2.75) is 19.7 Å². The summed E-state index contributed by atoms with van der Waals surface area (Å²) in [6.07, 6.45) is 1.72. The summed E-state index contributed by atoms with van der Waals surface area (Å²) in [6.45, 7) is 3.71. The zero-order chi connectivity index (χ0) is 14.3. The van der Waals surface area contributed by atoms with Crippen molar-refractivity contribution < 1.29 is 4.39 Å². The molecule has 0 bridgehead atoms. The summed E-state index contributed by atoms with van der Waals surface area (Å²) >= 11 is 5.99. The average Bonchev–Trinajstić information content (AvgIpc) is 2.82. The molecule has 0 aliphatic rings. The minimum atomic E-state index is -0.252. The number of pyridine rings is 1. The van der Waals surface area contributed by atoms with E-state index in [-0.39, 0.29) is 11.7 Å². The number of nitrogens with zero attached hydrogens (tertiary/aromatic N) is 3. The first-order valence-electron chi connectivity index (χ1n) is 6.28. The molecule has 0 atom stereocenters. The third kappa shape index (κ3) is 1.88. The highest BCUT2D eigenvalue weighted by Gasteiger charge is 2.16. The number of halogens is 2. The lowest BCUT2D eigenvalue weighted by Gasteiger charge is -2.10. The number of hydrogen-bond donors (Lipinski definition) is 0. The lowest BCUT2D eigenvalue weighted by Crippen LogP contribution is -2.03. The molecule has 3 aromatic rings. The predicted molar refractivity (Wildman–Crippen MR) is 77.9 cm³/mol. The predicted octanol–water partition coefficient (Wildman–Crippen LogP) is 3.92. The van der Waals surface area contributed by atoms with Gasteiger partial charge in [-0.1, -0.05) is 6.07 Å². The van der Waals surface area contributed by atoms with Crippen molar-refractivity contribution in [3.05, 3.63) is 53.2 Å². The molecule has 0 amide bonds. The van der Waals surface area contributed by atoms with Crippen LogP contribution in [0.15, 0.2) is 30.5 Å². The van der Waals surface area contributed by atoms with Gasteiger partial charge in [-0.25, -0.2) is 14.4 Å². The Hall–Kier alpha value is -1.94. The molecule has 0 aliphatic heterocycles. The lowest BCUT2D eigenvalue weighted by molar-refractivity contribution is 0.617. The maximum Gasteiger partial charge on any atom is 0.164 e. The van der Waals surface area contributed by atoms with Crippen LogP contribution in [0, 0.1) is 19.7 Å². The Morgan fingerprint density at radius 2 is 2.05 bits per heavy atom. The van der Waals surface area contributed by atoms with Crippen LogP contribution < -0.4 is 0 Å². The number of aryl methyl sites for hydroxylation is 1. The third-order valence-corrected chi connectivity index (χ3v) is 3.66. The molecule has 0 unspecified atom stereocenters. The molecule has 0 N–H and O–H groups in total. The zero-order valence-corrected chi connectivity index (χ0v) is 11.9. The van der Waals surface area contributed by atoms with E-state index in [0.717, 1.165) is 16.8 Å². The minimum absolute atomic E-state index is 0.242. The summed E-state index contributed by atoms with van der Waals surface area (Å²) in [7, 11) is 0. The molecule has 0 saturated carbocycles. The van der Waals surface area contributed by atoms with Crippen molar-refractivity contribution in [3.63, 3.8) is 0 Å². The molecule has 20 heavy (non-hydrogen) atoms. The van der Waals surface area contributed by atoms with E-state index in [1.54, 1.807) is 19.2 Å². The Morgan fingerprint density at radius 3 is 2.80 bits per heavy atom. The summed E-state index contributed by atoms with van der Waals surface area (Å²) in [6, 6.07) is 6.87. The van der Waals surface area contributed by atoms with Crippen molar-refractivity contribution in [1.29, 1.82) is 0 Å². The fraction of sp³-hybridized carbons (Fsp3) is 0.200. The summed E-state index contributed by atoms with van der Waals surface area (Å²) in [5.41, 5.74) is 3.80. The SMILES string of the molecule is Cc1c(F)cccc1-n1c(CCl)nc2c(C)ccnc21. The van der Waals surface area contributed by atoms with Gasteiger partial charge in [0.15, 0.2) is 5.65 Å². The van der Waals surface area contributed by atoms with Gasteiger partial charge in [0.1, 0.15) is 17.2 Å². The highest BCUT2D eigenvalue weighted by Crippen LogP contribution is 2.26. The second-order valence-corrected chi connectivity index (χ2v) is 4.95. The topological polar surface area (TPSA) is 30.7 Å². The van der Waals surface area contributed by atoms with Gasteiger partial charge in [0.05, 0.1) is 11.6 Å². The molecular weight excluding hydrogens is 277 g/mol. The number of hydrogen-bond acceptors (Lipinski definition) is 2. The number of imidazole rings is 1. The Bertz CT molecular complexity index is 795. The Balaban J connectivity index is 2.41. The van der Waals surface area contributed by atoms with Crippen LogP contribution in [0.4, 0.5) is 4.39 Å². The van der Waals surface area contributed by atoms with Crippen LogP contribution in [-0.4, -0.2) is 14.5 Å². The maximum absolute atomic E-state index is 13.8. The number of rotatable bonds is 2. The van der Waals surface area contributed by atoms with Gasteiger partial charge in [-0.05, 0) is 37.6 Å². The summed E-state index contributed by atoms with van der Waals surface area (Å²) in [4.78, 5) is 8.90. The van der Waals surface area contributed by atoms with E-state index in [2.05, 4.69) is 9.97 Å². The Morgan fingerprint density at radius 1 is 1.25 bits per heavy atom. The number of aromatic nitrogens is 3. The van der Waals surface area contributed by atoms with Crippen LogP contribution >= 0.6 is 11.6 Å². The van der Waals surface area contributed by atoms with Crippen molar-refractivity contribution in [3.8, 4) is 5.69 Å². The van der Waals surface area contributed by atoms with Gasteiger partial charge in [0, 0.05) is 11.8 Å². The smallest absolute Gasteiger partial charge is 0.164 e. The second kappa shape index (κ2) is 4.87. The first-order valence-corrected chi connectivity index (χ1v) is 6.81. The van der Waals surface area contributed by atoms with Crippen LogP contribution in [0.2, 0.25) is 0 Å². The minimum Gasteiger partial charge on any atom is -0.279 e. The zero-order valence-electron chi connectivity index (χ0n) is 11.2. The number of fused-ring (bicyclic) bond motifs is 1. The normalized spacial score (nSPS) is 11.2. The molecular formula is C15H13ClFN3. The Kier molecular flexibility index (Phi) is 3.18. The molecule has 3 rings (SSSR count). The van der Waals surface area contributed by atoms with Gasteiger partial charge < -0.3 is 0 Å². The number of alkyl halides is 1. The van der Waals surface area contributed by atoms with E-state index in [9.17, 15) is 4.39 Å². The van der Waals surface area contributed by atoms with Crippen molar-refractivity contribution in [1.82, 2.24) is 14.5 Å². The molecule has 0 spiro atoms. The van der Waals surface area contributed by atoms with Gasteiger partial charge in [-0.15, -0.1) is 11.6 Å². The van der Waals surface area contributed by atoms with Crippen LogP contribution in [0.3, 0.4) is 0 Å². The number of benzene rings is 1. The van der Waals surface area contributed by atoms with E-state index in [1.165, 1.54) is 6.07 Å². The maximum atomic E-state index is 13.8. The standard InChI is InChI=1S/C15H13ClFN3/c1-9-6-7-18-15-14(9)19-13(8-16)20(15)12-5-3-4-11(17)10(12)2/h3-7H,8H2,1-2H3. The van der Waals surface area contributed by atoms with E-state index < -0.39 is 0 Å². The van der Waals surface area contributed by atoms with Crippen molar-refractivity contribution >= 4 is 22.8 Å². The molecule has 5 heteroatoms. The molecule has 0 aliphatic carbocycles. The molecule has 2 aromatic heterocycles. The molecule has 0 saturated heterocycles. The quantitative estimate of drug-likeness (QED) is 0.670. The largest absolute Gasteiger partial charge is 0.279 e. The lowest BCUT2D eigenvalue weighted by atomic mass is 10.2. The summed E-state index contributed by atoms with van der Waals surface area (Å²) in [5.74, 6) is 0.654. The monoisotopic (exact) mass is 289 g/mol. The molecule has 102 valence electrons. The first kappa shape index (κ1) is 13.1. The van der Waals surface area contributed by atoms with Gasteiger partial charge >= 0.3 is 0 Å². The van der Waals surface area contributed by atoms with Gasteiger partial charge in [0.25, 0.3) is 0 Å². The van der Waals surface area contributed by atoms with E-state index in [4.69, 9.17) is 11.6 Å². The molecule has 0 radical (unpaired) electrons. The summed E-state index contributed by atoms with van der Waals surface area (Å²) in [5, 5.41) is 0. The molecule has 1 aromatic carbocycles. The van der Waals surface area contributed by atoms with Crippen molar-refractivity contribution in [2.24, 2.45) is 0 Å². The van der Waals surface area contributed by atoms with Gasteiger partial charge in [-0.3, -0.25) is 4.57 Å². The fourth-order valence-corrected chi connectivity index (χ4v) is 2.50. The van der Waals surface area contributed by atoms with Crippen LogP contribution in [0.1, 0.15) is 17.0 Å². The molecule has 3 nitrogen and oxygen atoms in total. The van der Waals surface area contributed by atoms with E-state index >= 15 is 0 Å². The summed E-state index contributed by atoms with van der Waals surface area (Å²) < 4.78 is 15.6.